The smallest absolute Gasteiger partial charge is 0.233 e. The third kappa shape index (κ3) is 9.65. The first kappa shape index (κ1) is 19.3. The molecule has 1 heterocycles. The highest BCUT2D eigenvalue weighted by Gasteiger charge is 2.07. The lowest BCUT2D eigenvalue weighted by Crippen LogP contribution is -2.33. The van der Waals surface area contributed by atoms with Gasteiger partial charge >= 0.3 is 0 Å². The molecule has 0 saturated carbocycles. The minimum Gasteiger partial charge on any atom is -0.355 e. The molecular weight excluding hydrogens is 261 g/mol. The third-order valence-electron chi connectivity index (χ3n) is 2.86. The summed E-state index contributed by atoms with van der Waals surface area (Å²) >= 11 is 0. The first-order chi connectivity index (χ1) is 7.33. The molecule has 0 bridgehead atoms. The molecule has 0 unspecified atom stereocenters. The Morgan fingerprint density at radius 3 is 2.24 bits per heavy atom. The van der Waals surface area contributed by atoms with Crippen LogP contribution in [-0.2, 0) is 4.79 Å². The predicted octanol–water partition coefficient (Wildman–Crippen LogP) is 1.17. The van der Waals surface area contributed by atoms with Crippen LogP contribution in [0.5, 0.6) is 0 Å². The topological polar surface area (TPSA) is 58.4 Å². The van der Waals surface area contributed by atoms with Gasteiger partial charge in [0.1, 0.15) is 0 Å². The molecule has 1 aliphatic heterocycles. The first-order valence-electron chi connectivity index (χ1n) is 6.02. The largest absolute Gasteiger partial charge is 0.355 e. The number of halogens is 2. The fourth-order valence-electron chi connectivity index (χ4n) is 1.96. The fraction of sp³-hybridized carbons (Fsp3) is 0.909. The van der Waals surface area contributed by atoms with E-state index < -0.39 is 0 Å². The molecular formula is C11H25Cl2N3O. The highest BCUT2D eigenvalue weighted by molar-refractivity contribution is 5.85. The van der Waals surface area contributed by atoms with Crippen molar-refractivity contribution in [2.45, 2.75) is 32.1 Å². The molecule has 3 N–H and O–H groups in total. The molecule has 1 fully saturated rings. The van der Waals surface area contributed by atoms with Gasteiger partial charge in [-0.15, -0.1) is 24.8 Å². The number of amides is 1. The summed E-state index contributed by atoms with van der Waals surface area (Å²) in [5.41, 5.74) is 5.20. The van der Waals surface area contributed by atoms with Crippen molar-refractivity contribution in [1.29, 1.82) is 0 Å². The standard InChI is InChI=1S/C11H23N3O.2ClH/c12-10-11(15)13-6-5-9-14-7-3-1-2-4-8-14;;/h1-10,12H2,(H,13,15);2*1H. The number of carbonyl (C=O) groups is 1. The molecule has 1 rings (SSSR count). The Kier molecular flexibility index (Phi) is 14.1. The summed E-state index contributed by atoms with van der Waals surface area (Å²) in [7, 11) is 0. The number of rotatable bonds is 5. The average molecular weight is 286 g/mol. The Labute approximate surface area is 117 Å². The molecule has 0 aromatic heterocycles. The summed E-state index contributed by atoms with van der Waals surface area (Å²) in [4.78, 5) is 13.4. The monoisotopic (exact) mass is 285 g/mol. The minimum absolute atomic E-state index is 0. The number of likely N-dealkylation sites (tertiary alicyclic amines) is 1. The predicted molar refractivity (Wildman–Crippen MR) is 76.1 cm³/mol. The van der Waals surface area contributed by atoms with Crippen LogP contribution in [0.15, 0.2) is 0 Å². The van der Waals surface area contributed by atoms with Gasteiger partial charge in [0.2, 0.25) is 5.91 Å². The van der Waals surface area contributed by atoms with E-state index in [0.29, 0.717) is 0 Å². The van der Waals surface area contributed by atoms with Gasteiger partial charge in [-0.25, -0.2) is 0 Å². The third-order valence-corrected chi connectivity index (χ3v) is 2.86. The molecule has 0 aromatic carbocycles. The van der Waals surface area contributed by atoms with Crippen molar-refractivity contribution in [3.8, 4) is 0 Å². The average Bonchev–Trinajstić information content (AvgIpc) is 2.52. The second-order valence-corrected chi connectivity index (χ2v) is 4.16. The summed E-state index contributed by atoms with van der Waals surface area (Å²) in [5.74, 6) is -0.0501. The van der Waals surface area contributed by atoms with E-state index in [0.717, 1.165) is 19.5 Å². The van der Waals surface area contributed by atoms with E-state index in [4.69, 9.17) is 5.73 Å². The van der Waals surface area contributed by atoms with Crippen molar-refractivity contribution in [2.75, 3.05) is 32.7 Å². The Bertz CT molecular complexity index is 186. The van der Waals surface area contributed by atoms with Crippen LogP contribution in [0.3, 0.4) is 0 Å². The summed E-state index contributed by atoms with van der Waals surface area (Å²) in [5, 5.41) is 2.80. The number of nitrogens with one attached hydrogen (secondary N) is 1. The van der Waals surface area contributed by atoms with Crippen LogP contribution in [0.1, 0.15) is 32.1 Å². The van der Waals surface area contributed by atoms with Gasteiger partial charge in [0.15, 0.2) is 0 Å². The van der Waals surface area contributed by atoms with Crippen molar-refractivity contribution >= 4 is 30.7 Å². The zero-order chi connectivity index (χ0) is 10.9. The lowest BCUT2D eigenvalue weighted by molar-refractivity contribution is -0.119. The van der Waals surface area contributed by atoms with Crippen LogP contribution >= 0.6 is 24.8 Å². The zero-order valence-electron chi connectivity index (χ0n) is 10.3. The van der Waals surface area contributed by atoms with E-state index in [1.165, 1.54) is 38.8 Å². The zero-order valence-corrected chi connectivity index (χ0v) is 12.0. The molecule has 0 aromatic rings. The molecule has 1 aliphatic rings. The molecule has 104 valence electrons. The van der Waals surface area contributed by atoms with E-state index in [9.17, 15) is 4.79 Å². The molecule has 0 spiro atoms. The summed E-state index contributed by atoms with van der Waals surface area (Å²) < 4.78 is 0. The second-order valence-electron chi connectivity index (χ2n) is 4.16. The van der Waals surface area contributed by atoms with Gasteiger partial charge in [-0.05, 0) is 38.9 Å². The van der Waals surface area contributed by atoms with Gasteiger partial charge in [-0.3, -0.25) is 4.79 Å². The molecule has 0 atom stereocenters. The maximum absolute atomic E-state index is 10.9. The van der Waals surface area contributed by atoms with Gasteiger partial charge in [0.05, 0.1) is 6.54 Å². The van der Waals surface area contributed by atoms with E-state index in [1.807, 2.05) is 0 Å². The number of nitrogens with two attached hydrogens (primary N) is 1. The summed E-state index contributed by atoms with van der Waals surface area (Å²) in [6.45, 7) is 4.41. The molecule has 6 heteroatoms. The van der Waals surface area contributed by atoms with E-state index in [-0.39, 0.29) is 37.3 Å². The Balaban J connectivity index is 0. The fourth-order valence-corrected chi connectivity index (χ4v) is 1.96. The van der Waals surface area contributed by atoms with Crippen molar-refractivity contribution in [1.82, 2.24) is 10.2 Å². The number of nitrogens with zero attached hydrogens (tertiary/aromatic N) is 1. The van der Waals surface area contributed by atoms with Crippen molar-refractivity contribution in [3.63, 3.8) is 0 Å². The Hall–Kier alpha value is -0.0300. The van der Waals surface area contributed by atoms with Crippen LogP contribution in [0.25, 0.3) is 0 Å². The van der Waals surface area contributed by atoms with Crippen molar-refractivity contribution in [2.24, 2.45) is 5.73 Å². The highest BCUT2D eigenvalue weighted by Crippen LogP contribution is 2.09. The van der Waals surface area contributed by atoms with Gasteiger partial charge in [0, 0.05) is 6.54 Å². The summed E-state index contributed by atoms with van der Waals surface area (Å²) in [6, 6.07) is 0. The quantitative estimate of drug-likeness (QED) is 0.746. The molecule has 1 saturated heterocycles. The number of hydrogen-bond donors (Lipinski definition) is 2. The highest BCUT2D eigenvalue weighted by atomic mass is 35.5. The van der Waals surface area contributed by atoms with Crippen LogP contribution in [0.2, 0.25) is 0 Å². The molecule has 0 aliphatic carbocycles. The number of carbonyl (C=O) groups excluding carboxylic acids is 1. The van der Waals surface area contributed by atoms with Crippen molar-refractivity contribution in [3.05, 3.63) is 0 Å². The Morgan fingerprint density at radius 2 is 1.71 bits per heavy atom. The van der Waals surface area contributed by atoms with Crippen LogP contribution in [0.4, 0.5) is 0 Å². The van der Waals surface area contributed by atoms with Gasteiger partial charge in [-0.1, -0.05) is 12.8 Å². The van der Waals surface area contributed by atoms with E-state index >= 15 is 0 Å². The SMILES string of the molecule is Cl.Cl.NCC(=O)NCCCN1CCCCCC1. The van der Waals surface area contributed by atoms with Gasteiger partial charge < -0.3 is 16.0 Å². The maximum atomic E-state index is 10.9. The van der Waals surface area contributed by atoms with Crippen LogP contribution in [-0.4, -0.2) is 43.5 Å². The van der Waals surface area contributed by atoms with Gasteiger partial charge in [0.25, 0.3) is 0 Å². The van der Waals surface area contributed by atoms with E-state index in [1.54, 1.807) is 0 Å². The van der Waals surface area contributed by atoms with Crippen LogP contribution < -0.4 is 11.1 Å². The normalized spacial score (nSPS) is 16.3. The number of hydrogen-bond acceptors (Lipinski definition) is 3. The second kappa shape index (κ2) is 12.4. The first-order valence-corrected chi connectivity index (χ1v) is 6.02. The molecule has 17 heavy (non-hydrogen) atoms. The van der Waals surface area contributed by atoms with Gasteiger partial charge in [-0.2, -0.15) is 0 Å². The molecule has 1 amide bonds. The van der Waals surface area contributed by atoms with E-state index in [2.05, 4.69) is 10.2 Å². The summed E-state index contributed by atoms with van der Waals surface area (Å²) in [6.07, 6.45) is 6.44. The Morgan fingerprint density at radius 1 is 1.12 bits per heavy atom. The lowest BCUT2D eigenvalue weighted by atomic mass is 10.2. The lowest BCUT2D eigenvalue weighted by Gasteiger charge is -2.19. The molecule has 0 radical (unpaired) electrons. The minimum atomic E-state index is -0.0501. The maximum Gasteiger partial charge on any atom is 0.233 e. The molecule has 4 nitrogen and oxygen atoms in total. The van der Waals surface area contributed by atoms with Crippen molar-refractivity contribution < 1.29 is 4.79 Å². The van der Waals surface area contributed by atoms with Crippen LogP contribution in [0, 0.1) is 0 Å².